The third-order valence-electron chi connectivity index (χ3n) is 5.67. The summed E-state index contributed by atoms with van der Waals surface area (Å²) in [7, 11) is 2.13. The highest BCUT2D eigenvalue weighted by Gasteiger charge is 2.27. The first-order valence-electron chi connectivity index (χ1n) is 9.67. The van der Waals surface area contributed by atoms with Gasteiger partial charge in [0, 0.05) is 63.8 Å². The highest BCUT2D eigenvalue weighted by molar-refractivity contribution is 5.95. The molecular formula is C19H27N7O. The Kier molecular flexibility index (Phi) is 5.07. The van der Waals surface area contributed by atoms with Crippen LogP contribution in [0.25, 0.3) is 0 Å². The summed E-state index contributed by atoms with van der Waals surface area (Å²) >= 11 is 0. The number of rotatable bonds is 3. The number of likely N-dealkylation sites (tertiary alicyclic amines) is 1. The summed E-state index contributed by atoms with van der Waals surface area (Å²) in [4.78, 5) is 36.0. The second kappa shape index (κ2) is 7.64. The summed E-state index contributed by atoms with van der Waals surface area (Å²) in [6.45, 7) is 7.24. The number of anilines is 1. The van der Waals surface area contributed by atoms with Crippen molar-refractivity contribution in [3.63, 3.8) is 0 Å². The van der Waals surface area contributed by atoms with Crippen LogP contribution in [-0.4, -0.2) is 82.0 Å². The van der Waals surface area contributed by atoms with Gasteiger partial charge >= 0.3 is 0 Å². The normalized spacial score (nSPS) is 19.5. The first-order chi connectivity index (χ1) is 13.1. The van der Waals surface area contributed by atoms with E-state index in [1.165, 1.54) is 0 Å². The molecule has 27 heavy (non-hydrogen) atoms. The molecule has 0 aromatic carbocycles. The van der Waals surface area contributed by atoms with E-state index in [0.29, 0.717) is 11.5 Å². The van der Waals surface area contributed by atoms with Gasteiger partial charge in [0.25, 0.3) is 5.91 Å². The van der Waals surface area contributed by atoms with Crippen molar-refractivity contribution in [2.45, 2.75) is 25.7 Å². The Morgan fingerprint density at radius 3 is 2.48 bits per heavy atom. The zero-order valence-corrected chi connectivity index (χ0v) is 16.1. The lowest BCUT2D eigenvalue weighted by Gasteiger charge is -2.33. The Morgan fingerprint density at radius 1 is 1.11 bits per heavy atom. The molecule has 8 nitrogen and oxygen atoms in total. The van der Waals surface area contributed by atoms with Gasteiger partial charge in [0.2, 0.25) is 5.95 Å². The zero-order valence-electron chi connectivity index (χ0n) is 16.1. The lowest BCUT2D eigenvalue weighted by Crippen LogP contribution is -2.45. The second-order valence-corrected chi connectivity index (χ2v) is 7.50. The van der Waals surface area contributed by atoms with Crippen LogP contribution in [0.15, 0.2) is 18.6 Å². The third-order valence-corrected chi connectivity index (χ3v) is 5.67. The number of aryl methyl sites for hydroxylation is 1. The molecule has 0 unspecified atom stereocenters. The minimum absolute atomic E-state index is 0.0373. The second-order valence-electron chi connectivity index (χ2n) is 7.50. The van der Waals surface area contributed by atoms with Crippen molar-refractivity contribution in [2.75, 3.05) is 51.2 Å². The average molecular weight is 369 g/mol. The highest BCUT2D eigenvalue weighted by Crippen LogP contribution is 2.26. The van der Waals surface area contributed by atoms with E-state index < -0.39 is 0 Å². The molecule has 0 radical (unpaired) electrons. The first kappa shape index (κ1) is 17.9. The Bertz CT molecular complexity index is 775. The Morgan fingerprint density at radius 2 is 1.85 bits per heavy atom. The van der Waals surface area contributed by atoms with Gasteiger partial charge in [0.15, 0.2) is 0 Å². The van der Waals surface area contributed by atoms with Crippen LogP contribution in [0, 0.1) is 6.92 Å². The number of amides is 1. The third kappa shape index (κ3) is 3.80. The number of nitrogens with zero attached hydrogens (tertiary/aromatic N) is 6. The predicted octanol–water partition coefficient (Wildman–Crippen LogP) is 1.28. The molecule has 0 atom stereocenters. The van der Waals surface area contributed by atoms with E-state index in [9.17, 15) is 4.79 Å². The Balaban J connectivity index is 1.40. The van der Waals surface area contributed by atoms with Crippen LogP contribution in [0.4, 0.5) is 5.95 Å². The highest BCUT2D eigenvalue weighted by atomic mass is 16.2. The number of carbonyl (C=O) groups excluding carboxylic acids is 1. The number of piperazine rings is 1. The van der Waals surface area contributed by atoms with Crippen LogP contribution < -0.4 is 4.90 Å². The molecule has 0 aliphatic carbocycles. The van der Waals surface area contributed by atoms with Gasteiger partial charge in [-0.3, -0.25) is 4.79 Å². The van der Waals surface area contributed by atoms with Crippen LogP contribution in [-0.2, 0) is 0 Å². The van der Waals surface area contributed by atoms with Crippen molar-refractivity contribution in [1.29, 1.82) is 0 Å². The molecule has 2 aromatic rings. The van der Waals surface area contributed by atoms with Crippen molar-refractivity contribution in [1.82, 2.24) is 29.7 Å². The van der Waals surface area contributed by atoms with Gasteiger partial charge in [-0.25, -0.2) is 15.0 Å². The molecule has 4 rings (SSSR count). The number of likely N-dealkylation sites (N-methyl/N-ethyl adjacent to an activating group) is 1. The Labute approximate surface area is 159 Å². The molecule has 144 valence electrons. The van der Waals surface area contributed by atoms with E-state index in [1.54, 1.807) is 12.4 Å². The fourth-order valence-corrected chi connectivity index (χ4v) is 3.85. The number of carbonyl (C=O) groups is 1. The largest absolute Gasteiger partial charge is 0.348 e. The molecule has 2 fully saturated rings. The molecule has 2 aliphatic rings. The molecule has 4 heterocycles. The van der Waals surface area contributed by atoms with E-state index in [2.05, 4.69) is 36.8 Å². The summed E-state index contributed by atoms with van der Waals surface area (Å²) < 4.78 is 0. The smallest absolute Gasteiger partial charge is 0.257 e. The van der Waals surface area contributed by atoms with Gasteiger partial charge in [0.05, 0.1) is 11.3 Å². The van der Waals surface area contributed by atoms with Gasteiger partial charge < -0.3 is 19.7 Å². The molecule has 1 N–H and O–H groups in total. The minimum Gasteiger partial charge on any atom is -0.348 e. The number of hydrogen-bond donors (Lipinski definition) is 1. The lowest BCUT2D eigenvalue weighted by molar-refractivity contribution is 0.0709. The molecule has 0 spiro atoms. The Hall–Kier alpha value is -2.48. The van der Waals surface area contributed by atoms with Gasteiger partial charge in [-0.05, 0) is 26.8 Å². The van der Waals surface area contributed by atoms with Crippen molar-refractivity contribution in [3.8, 4) is 0 Å². The number of hydrogen-bond acceptors (Lipinski definition) is 6. The number of nitrogens with one attached hydrogen (secondary N) is 1. The fraction of sp³-hybridized carbons (Fsp3) is 0.579. The molecule has 2 aromatic heterocycles. The molecule has 8 heteroatoms. The van der Waals surface area contributed by atoms with Gasteiger partial charge in [-0.2, -0.15) is 0 Å². The van der Waals surface area contributed by atoms with Gasteiger partial charge in [-0.1, -0.05) is 0 Å². The molecule has 1 amide bonds. The van der Waals surface area contributed by atoms with E-state index in [0.717, 1.165) is 69.6 Å². The van der Waals surface area contributed by atoms with Crippen LogP contribution in [0.5, 0.6) is 0 Å². The first-order valence-corrected chi connectivity index (χ1v) is 9.67. The van der Waals surface area contributed by atoms with Crippen molar-refractivity contribution >= 4 is 11.9 Å². The predicted molar refractivity (Wildman–Crippen MR) is 103 cm³/mol. The monoisotopic (exact) mass is 369 g/mol. The van der Waals surface area contributed by atoms with E-state index in [-0.39, 0.29) is 5.91 Å². The van der Waals surface area contributed by atoms with E-state index in [4.69, 9.17) is 0 Å². The lowest BCUT2D eigenvalue weighted by atomic mass is 9.95. The number of aromatic nitrogens is 4. The van der Waals surface area contributed by atoms with Crippen molar-refractivity contribution in [3.05, 3.63) is 35.7 Å². The van der Waals surface area contributed by atoms with Crippen LogP contribution >= 0.6 is 0 Å². The van der Waals surface area contributed by atoms with Crippen molar-refractivity contribution in [2.24, 2.45) is 0 Å². The van der Waals surface area contributed by atoms with E-state index >= 15 is 0 Å². The maximum atomic E-state index is 12.9. The molecule has 0 bridgehead atoms. The van der Waals surface area contributed by atoms with Gasteiger partial charge in [0.1, 0.15) is 5.82 Å². The van der Waals surface area contributed by atoms with E-state index in [1.807, 2.05) is 18.0 Å². The minimum atomic E-state index is 0.0373. The summed E-state index contributed by atoms with van der Waals surface area (Å²) in [5.74, 6) is 2.20. The SMILES string of the molecule is Cc1nc(N2CCN(C)CC2)ncc1C(=O)N1CCC(c2ncc[nH]2)CC1. The fourth-order valence-electron chi connectivity index (χ4n) is 3.85. The van der Waals surface area contributed by atoms with Gasteiger partial charge in [-0.15, -0.1) is 0 Å². The summed E-state index contributed by atoms with van der Waals surface area (Å²) in [5.41, 5.74) is 1.38. The van der Waals surface area contributed by atoms with Crippen molar-refractivity contribution < 1.29 is 4.79 Å². The number of aromatic amines is 1. The number of H-pyrrole nitrogens is 1. The molecule has 2 saturated heterocycles. The summed E-state index contributed by atoms with van der Waals surface area (Å²) in [5, 5.41) is 0. The van der Waals surface area contributed by atoms with Crippen LogP contribution in [0.1, 0.15) is 40.6 Å². The van der Waals surface area contributed by atoms with Crippen LogP contribution in [0.2, 0.25) is 0 Å². The summed E-state index contributed by atoms with van der Waals surface area (Å²) in [6.07, 6.45) is 7.21. The quantitative estimate of drug-likeness (QED) is 0.878. The zero-order chi connectivity index (χ0) is 18.8. The maximum Gasteiger partial charge on any atom is 0.257 e. The molecule has 2 aliphatic heterocycles. The summed E-state index contributed by atoms with van der Waals surface area (Å²) in [6, 6.07) is 0. The number of imidazole rings is 1. The molecule has 0 saturated carbocycles. The van der Waals surface area contributed by atoms with Crippen LogP contribution in [0.3, 0.4) is 0 Å². The topological polar surface area (TPSA) is 81.2 Å². The average Bonchev–Trinajstić information content (AvgIpc) is 3.23. The standard InChI is InChI=1S/C19H27N7O/c1-14-16(13-22-19(23-14)26-11-9-24(2)10-12-26)18(27)25-7-3-15(4-8-25)17-20-5-6-21-17/h5-6,13,15H,3-4,7-12H2,1-2H3,(H,20,21). The number of piperidine rings is 1. The molecular weight excluding hydrogens is 342 g/mol. The maximum absolute atomic E-state index is 12.9.